The second kappa shape index (κ2) is 7.04. The number of rotatable bonds is 3. The maximum absolute atomic E-state index is 12.5. The van der Waals surface area contributed by atoms with Crippen molar-refractivity contribution < 1.29 is 9.59 Å². The van der Waals surface area contributed by atoms with E-state index in [1.807, 2.05) is 33.8 Å². The highest BCUT2D eigenvalue weighted by Gasteiger charge is 2.25. The smallest absolute Gasteiger partial charge is 0.261 e. The van der Waals surface area contributed by atoms with Crippen molar-refractivity contribution in [3.05, 3.63) is 16.5 Å². The van der Waals surface area contributed by atoms with E-state index in [2.05, 4.69) is 17.6 Å². The van der Waals surface area contributed by atoms with Gasteiger partial charge in [-0.15, -0.1) is 11.3 Å². The number of aryl methyl sites for hydroxylation is 1. The standard InChI is InChI=1S/C18H28N2O2S/c1-11-7-6-8-13(9-11)19-16(21)15-12(2)10-14(23-15)20-17(22)18(3,4)5/h10-11,13H,6-9H2,1-5H3,(H,19,21)(H,20,22). The molecule has 23 heavy (non-hydrogen) atoms. The molecule has 2 unspecified atom stereocenters. The van der Waals surface area contributed by atoms with Crippen LogP contribution in [0.2, 0.25) is 0 Å². The van der Waals surface area contributed by atoms with Crippen molar-refractivity contribution in [3.8, 4) is 0 Å². The summed E-state index contributed by atoms with van der Waals surface area (Å²) >= 11 is 1.36. The van der Waals surface area contributed by atoms with Gasteiger partial charge in [0.25, 0.3) is 5.91 Å². The molecule has 1 aromatic rings. The Hall–Kier alpha value is -1.36. The molecule has 0 radical (unpaired) electrons. The van der Waals surface area contributed by atoms with Gasteiger partial charge >= 0.3 is 0 Å². The quantitative estimate of drug-likeness (QED) is 0.862. The van der Waals surface area contributed by atoms with Crippen molar-refractivity contribution >= 4 is 28.2 Å². The van der Waals surface area contributed by atoms with Crippen molar-refractivity contribution in [2.75, 3.05) is 5.32 Å². The Morgan fingerprint density at radius 2 is 1.96 bits per heavy atom. The van der Waals surface area contributed by atoms with Gasteiger partial charge < -0.3 is 10.6 Å². The van der Waals surface area contributed by atoms with E-state index in [4.69, 9.17) is 0 Å². The third-order valence-electron chi connectivity index (χ3n) is 4.31. The first-order valence-electron chi connectivity index (χ1n) is 8.39. The Morgan fingerprint density at radius 1 is 1.26 bits per heavy atom. The zero-order valence-corrected chi connectivity index (χ0v) is 15.6. The molecule has 2 amide bonds. The number of anilines is 1. The van der Waals surface area contributed by atoms with Crippen molar-refractivity contribution in [1.82, 2.24) is 5.32 Å². The van der Waals surface area contributed by atoms with Gasteiger partial charge in [-0.3, -0.25) is 9.59 Å². The lowest BCUT2D eigenvalue weighted by atomic mass is 9.87. The summed E-state index contributed by atoms with van der Waals surface area (Å²) < 4.78 is 0. The summed E-state index contributed by atoms with van der Waals surface area (Å²) in [6.07, 6.45) is 4.56. The van der Waals surface area contributed by atoms with E-state index >= 15 is 0 Å². The number of nitrogens with one attached hydrogen (secondary N) is 2. The second-order valence-electron chi connectivity index (χ2n) is 7.77. The highest BCUT2D eigenvalue weighted by atomic mass is 32.1. The van der Waals surface area contributed by atoms with Gasteiger partial charge in [-0.1, -0.05) is 40.5 Å². The molecule has 1 aliphatic carbocycles. The van der Waals surface area contributed by atoms with E-state index in [1.165, 1.54) is 24.2 Å². The van der Waals surface area contributed by atoms with Gasteiger partial charge in [0.05, 0.1) is 9.88 Å². The Bertz CT molecular complexity index is 586. The molecule has 0 aromatic carbocycles. The summed E-state index contributed by atoms with van der Waals surface area (Å²) in [7, 11) is 0. The summed E-state index contributed by atoms with van der Waals surface area (Å²) in [6, 6.07) is 2.16. The van der Waals surface area contributed by atoms with Crippen LogP contribution >= 0.6 is 11.3 Å². The number of amides is 2. The average molecular weight is 337 g/mol. The molecule has 1 fully saturated rings. The summed E-state index contributed by atoms with van der Waals surface area (Å²) in [5.74, 6) is 0.634. The first-order chi connectivity index (χ1) is 10.7. The topological polar surface area (TPSA) is 58.2 Å². The Morgan fingerprint density at radius 3 is 2.57 bits per heavy atom. The second-order valence-corrected chi connectivity index (χ2v) is 8.82. The highest BCUT2D eigenvalue weighted by Crippen LogP contribution is 2.29. The summed E-state index contributed by atoms with van der Waals surface area (Å²) in [4.78, 5) is 25.3. The zero-order valence-electron chi connectivity index (χ0n) is 14.8. The van der Waals surface area contributed by atoms with Crippen LogP contribution in [-0.2, 0) is 4.79 Å². The first kappa shape index (κ1) is 18.0. The average Bonchev–Trinajstić information content (AvgIpc) is 2.78. The van der Waals surface area contributed by atoms with Crippen LogP contribution in [0.25, 0.3) is 0 Å². The molecule has 1 heterocycles. The van der Waals surface area contributed by atoms with Crippen LogP contribution in [0.15, 0.2) is 6.07 Å². The molecule has 0 spiro atoms. The molecule has 1 aromatic heterocycles. The molecule has 1 saturated carbocycles. The molecular formula is C18H28N2O2S. The molecule has 5 heteroatoms. The van der Waals surface area contributed by atoms with Crippen molar-refractivity contribution in [1.29, 1.82) is 0 Å². The monoisotopic (exact) mass is 336 g/mol. The van der Waals surface area contributed by atoms with E-state index in [9.17, 15) is 9.59 Å². The third-order valence-corrected chi connectivity index (χ3v) is 5.46. The summed E-state index contributed by atoms with van der Waals surface area (Å²) in [6.45, 7) is 9.79. The fraction of sp³-hybridized carbons (Fsp3) is 0.667. The van der Waals surface area contributed by atoms with Gasteiger partial charge in [0.2, 0.25) is 5.91 Å². The van der Waals surface area contributed by atoms with Crippen LogP contribution in [0.3, 0.4) is 0 Å². The Kier molecular flexibility index (Phi) is 5.50. The maximum atomic E-state index is 12.5. The van der Waals surface area contributed by atoms with Gasteiger partial charge in [0.15, 0.2) is 0 Å². The summed E-state index contributed by atoms with van der Waals surface area (Å²) in [5, 5.41) is 6.81. The minimum Gasteiger partial charge on any atom is -0.349 e. The van der Waals surface area contributed by atoms with Gasteiger partial charge in [0.1, 0.15) is 0 Å². The lowest BCUT2D eigenvalue weighted by Crippen LogP contribution is -2.37. The van der Waals surface area contributed by atoms with Gasteiger partial charge in [-0.05, 0) is 37.3 Å². The maximum Gasteiger partial charge on any atom is 0.261 e. The lowest BCUT2D eigenvalue weighted by molar-refractivity contribution is -0.123. The van der Waals surface area contributed by atoms with Gasteiger partial charge in [0, 0.05) is 11.5 Å². The number of hydrogen-bond donors (Lipinski definition) is 2. The SMILES string of the molecule is Cc1cc(NC(=O)C(C)(C)C)sc1C(=O)NC1CCCC(C)C1. The zero-order chi connectivity index (χ0) is 17.2. The van der Waals surface area contributed by atoms with Crippen molar-refractivity contribution in [2.24, 2.45) is 11.3 Å². The van der Waals surface area contributed by atoms with E-state index in [0.717, 1.165) is 23.4 Å². The van der Waals surface area contributed by atoms with Crippen LogP contribution in [0, 0.1) is 18.3 Å². The van der Waals surface area contributed by atoms with Crippen LogP contribution in [-0.4, -0.2) is 17.9 Å². The molecule has 2 N–H and O–H groups in total. The lowest BCUT2D eigenvalue weighted by Gasteiger charge is -2.27. The predicted octanol–water partition coefficient (Wildman–Crippen LogP) is 4.35. The van der Waals surface area contributed by atoms with Crippen LogP contribution in [0.4, 0.5) is 5.00 Å². The Labute approximate surface area is 143 Å². The number of carbonyl (C=O) groups is 2. The van der Waals surface area contributed by atoms with E-state index in [-0.39, 0.29) is 17.9 Å². The van der Waals surface area contributed by atoms with E-state index in [0.29, 0.717) is 10.8 Å². The minimum absolute atomic E-state index is 0.0112. The minimum atomic E-state index is -0.446. The van der Waals surface area contributed by atoms with Gasteiger partial charge in [-0.2, -0.15) is 0 Å². The molecule has 2 rings (SSSR count). The fourth-order valence-electron chi connectivity index (χ4n) is 2.88. The molecule has 0 saturated heterocycles. The number of carbonyl (C=O) groups excluding carboxylic acids is 2. The predicted molar refractivity (Wildman–Crippen MR) is 96.0 cm³/mol. The molecule has 0 aliphatic heterocycles. The third kappa shape index (κ3) is 4.80. The van der Waals surface area contributed by atoms with Crippen LogP contribution < -0.4 is 10.6 Å². The summed E-state index contributed by atoms with van der Waals surface area (Å²) in [5.41, 5.74) is 0.471. The molecule has 1 aliphatic rings. The normalized spacial score (nSPS) is 21.8. The highest BCUT2D eigenvalue weighted by molar-refractivity contribution is 7.18. The number of thiophene rings is 1. The van der Waals surface area contributed by atoms with Crippen LogP contribution in [0.5, 0.6) is 0 Å². The van der Waals surface area contributed by atoms with Crippen LogP contribution in [0.1, 0.15) is 68.6 Å². The fourth-order valence-corrected chi connectivity index (χ4v) is 3.86. The molecule has 4 nitrogen and oxygen atoms in total. The molecule has 128 valence electrons. The van der Waals surface area contributed by atoms with E-state index < -0.39 is 5.41 Å². The molecule has 0 bridgehead atoms. The molecule has 2 atom stereocenters. The molecular weight excluding hydrogens is 308 g/mol. The van der Waals surface area contributed by atoms with E-state index in [1.54, 1.807) is 0 Å². The van der Waals surface area contributed by atoms with Crippen molar-refractivity contribution in [3.63, 3.8) is 0 Å². The largest absolute Gasteiger partial charge is 0.349 e. The Balaban J connectivity index is 2.02. The van der Waals surface area contributed by atoms with Gasteiger partial charge in [-0.25, -0.2) is 0 Å². The first-order valence-corrected chi connectivity index (χ1v) is 9.21. The number of hydrogen-bond acceptors (Lipinski definition) is 3. The van der Waals surface area contributed by atoms with Crippen molar-refractivity contribution in [2.45, 2.75) is 66.3 Å².